The van der Waals surface area contributed by atoms with E-state index in [4.69, 9.17) is 0 Å². The van der Waals surface area contributed by atoms with Gasteiger partial charge in [0.05, 0.1) is 11.0 Å². The highest BCUT2D eigenvalue weighted by atomic mass is 16.2. The zero-order valence-corrected chi connectivity index (χ0v) is 11.5. The van der Waals surface area contributed by atoms with E-state index in [9.17, 15) is 9.59 Å². The number of hydrogen-bond donors (Lipinski definition) is 1. The summed E-state index contributed by atoms with van der Waals surface area (Å²) in [6.45, 7) is 3.16. The van der Waals surface area contributed by atoms with Crippen LogP contribution in [0.15, 0.2) is 29.1 Å². The summed E-state index contributed by atoms with van der Waals surface area (Å²) in [5, 5.41) is 3.21. The average Bonchev–Trinajstić information content (AvgIpc) is 2.74. The number of fused-ring (bicyclic) bond motifs is 1. The van der Waals surface area contributed by atoms with Crippen LogP contribution >= 0.6 is 0 Å². The third-order valence-electron chi connectivity index (χ3n) is 3.81. The van der Waals surface area contributed by atoms with E-state index in [-0.39, 0.29) is 18.1 Å². The topological polar surface area (TPSA) is 59.3 Å². The van der Waals surface area contributed by atoms with Gasteiger partial charge in [-0.2, -0.15) is 0 Å². The van der Waals surface area contributed by atoms with Crippen LogP contribution in [0.1, 0.15) is 0 Å². The predicted octanol–water partition coefficient (Wildman–Crippen LogP) is -0.228. The van der Waals surface area contributed by atoms with E-state index in [0.717, 1.165) is 24.1 Å². The van der Waals surface area contributed by atoms with E-state index in [1.54, 1.807) is 16.2 Å². The molecule has 0 spiro atoms. The quantitative estimate of drug-likeness (QED) is 0.823. The number of amides is 1. The van der Waals surface area contributed by atoms with Gasteiger partial charge in [-0.05, 0) is 12.1 Å². The fourth-order valence-corrected chi connectivity index (χ4v) is 2.67. The number of carbonyl (C=O) groups is 1. The van der Waals surface area contributed by atoms with Crippen molar-refractivity contribution in [3.05, 3.63) is 34.7 Å². The molecule has 0 unspecified atom stereocenters. The number of piperazine rings is 1. The van der Waals surface area contributed by atoms with Crippen LogP contribution in [0.2, 0.25) is 0 Å². The Morgan fingerprint density at radius 1 is 1.20 bits per heavy atom. The van der Waals surface area contributed by atoms with E-state index in [2.05, 4.69) is 5.32 Å². The van der Waals surface area contributed by atoms with Crippen LogP contribution in [0.4, 0.5) is 0 Å². The Bertz CT molecular complexity index is 695. The van der Waals surface area contributed by atoms with Crippen molar-refractivity contribution >= 4 is 16.9 Å². The number of aromatic nitrogens is 2. The lowest BCUT2D eigenvalue weighted by Crippen LogP contribution is -2.48. The molecule has 1 aliphatic heterocycles. The maximum absolute atomic E-state index is 12.3. The molecule has 1 fully saturated rings. The fourth-order valence-electron chi connectivity index (χ4n) is 2.67. The molecule has 2 aromatic rings. The second kappa shape index (κ2) is 5.13. The third kappa shape index (κ3) is 2.12. The Morgan fingerprint density at radius 3 is 2.55 bits per heavy atom. The second-order valence-corrected chi connectivity index (χ2v) is 5.05. The van der Waals surface area contributed by atoms with Crippen LogP contribution < -0.4 is 11.0 Å². The Morgan fingerprint density at radius 2 is 1.85 bits per heavy atom. The van der Waals surface area contributed by atoms with Crippen molar-refractivity contribution in [2.45, 2.75) is 6.54 Å². The number of nitrogens with one attached hydrogen (secondary N) is 1. The number of rotatable bonds is 2. The van der Waals surface area contributed by atoms with Gasteiger partial charge in [-0.15, -0.1) is 0 Å². The van der Waals surface area contributed by atoms with Gasteiger partial charge in [-0.1, -0.05) is 12.1 Å². The first-order valence-corrected chi connectivity index (χ1v) is 6.81. The first-order chi connectivity index (χ1) is 9.68. The highest BCUT2D eigenvalue weighted by Gasteiger charge is 2.19. The maximum Gasteiger partial charge on any atom is 0.329 e. The molecule has 3 rings (SSSR count). The molecule has 0 bridgehead atoms. The standard InChI is InChI=1S/C14H18N4O2/c1-16-11-4-2-3-5-12(11)18(14(16)20)10-13(19)17-8-6-15-7-9-17/h2-5,15H,6-10H2,1H3. The number of para-hydroxylation sites is 2. The van der Waals surface area contributed by atoms with Gasteiger partial charge in [-0.25, -0.2) is 4.79 Å². The van der Waals surface area contributed by atoms with Crippen molar-refractivity contribution in [3.8, 4) is 0 Å². The van der Waals surface area contributed by atoms with Crippen molar-refractivity contribution in [2.75, 3.05) is 26.2 Å². The molecule has 2 heterocycles. The zero-order valence-electron chi connectivity index (χ0n) is 11.5. The average molecular weight is 274 g/mol. The van der Waals surface area contributed by atoms with E-state index >= 15 is 0 Å². The van der Waals surface area contributed by atoms with E-state index in [1.807, 2.05) is 29.2 Å². The summed E-state index contributed by atoms with van der Waals surface area (Å²) < 4.78 is 3.14. The SMILES string of the molecule is Cn1c(=O)n(CC(=O)N2CCNCC2)c2ccccc21. The first-order valence-electron chi connectivity index (χ1n) is 6.81. The molecule has 1 amide bonds. The Kier molecular flexibility index (Phi) is 3.31. The van der Waals surface area contributed by atoms with Crippen molar-refractivity contribution in [1.29, 1.82) is 0 Å². The lowest BCUT2D eigenvalue weighted by atomic mass is 10.3. The molecule has 0 atom stereocenters. The number of nitrogens with zero attached hydrogens (tertiary/aromatic N) is 3. The molecule has 20 heavy (non-hydrogen) atoms. The molecule has 106 valence electrons. The number of hydrogen-bond acceptors (Lipinski definition) is 3. The van der Waals surface area contributed by atoms with E-state index in [1.165, 1.54) is 0 Å². The molecule has 1 N–H and O–H groups in total. The number of benzene rings is 1. The van der Waals surface area contributed by atoms with E-state index < -0.39 is 0 Å². The van der Waals surface area contributed by atoms with Crippen molar-refractivity contribution in [2.24, 2.45) is 7.05 Å². The molecule has 1 aliphatic rings. The van der Waals surface area contributed by atoms with Gasteiger partial charge in [0, 0.05) is 33.2 Å². The highest BCUT2D eigenvalue weighted by molar-refractivity contribution is 5.81. The largest absolute Gasteiger partial charge is 0.339 e. The summed E-state index contributed by atoms with van der Waals surface area (Å²) in [4.78, 5) is 26.4. The number of aryl methyl sites for hydroxylation is 1. The minimum Gasteiger partial charge on any atom is -0.339 e. The first kappa shape index (κ1) is 12.9. The van der Waals surface area contributed by atoms with Gasteiger partial charge < -0.3 is 10.2 Å². The summed E-state index contributed by atoms with van der Waals surface area (Å²) in [6.07, 6.45) is 0. The molecule has 6 nitrogen and oxygen atoms in total. The van der Waals surface area contributed by atoms with Crippen molar-refractivity contribution in [3.63, 3.8) is 0 Å². The minimum absolute atomic E-state index is 0.00459. The van der Waals surface area contributed by atoms with Gasteiger partial charge >= 0.3 is 5.69 Å². The van der Waals surface area contributed by atoms with Crippen LogP contribution in [-0.2, 0) is 18.4 Å². The molecule has 6 heteroatoms. The van der Waals surface area contributed by atoms with Gasteiger partial charge in [0.15, 0.2) is 0 Å². The minimum atomic E-state index is -0.144. The molecular formula is C14H18N4O2. The summed E-state index contributed by atoms with van der Waals surface area (Å²) in [5.74, 6) is 0.00459. The highest BCUT2D eigenvalue weighted by Crippen LogP contribution is 2.11. The smallest absolute Gasteiger partial charge is 0.329 e. The second-order valence-electron chi connectivity index (χ2n) is 5.05. The third-order valence-corrected chi connectivity index (χ3v) is 3.81. The fraction of sp³-hybridized carbons (Fsp3) is 0.429. The summed E-state index contributed by atoms with van der Waals surface area (Å²) in [5.41, 5.74) is 1.52. The lowest BCUT2D eigenvalue weighted by molar-refractivity contribution is -0.132. The van der Waals surface area contributed by atoms with E-state index in [0.29, 0.717) is 13.1 Å². The molecule has 0 radical (unpaired) electrons. The van der Waals surface area contributed by atoms with Crippen LogP contribution in [0.25, 0.3) is 11.0 Å². The Labute approximate surface area is 116 Å². The number of imidazole rings is 1. The number of carbonyl (C=O) groups excluding carboxylic acids is 1. The zero-order chi connectivity index (χ0) is 14.1. The van der Waals surface area contributed by atoms with Crippen LogP contribution in [0.3, 0.4) is 0 Å². The summed E-state index contributed by atoms with van der Waals surface area (Å²) in [6, 6.07) is 7.54. The van der Waals surface area contributed by atoms with Crippen LogP contribution in [-0.4, -0.2) is 46.1 Å². The van der Waals surface area contributed by atoms with Crippen molar-refractivity contribution < 1.29 is 4.79 Å². The molecule has 1 saturated heterocycles. The summed E-state index contributed by atoms with van der Waals surface area (Å²) in [7, 11) is 1.73. The van der Waals surface area contributed by atoms with Crippen molar-refractivity contribution in [1.82, 2.24) is 19.4 Å². The molecule has 1 aromatic carbocycles. The van der Waals surface area contributed by atoms with Gasteiger partial charge in [0.25, 0.3) is 0 Å². The molecular weight excluding hydrogens is 256 g/mol. The lowest BCUT2D eigenvalue weighted by Gasteiger charge is -2.27. The Hall–Kier alpha value is -2.08. The maximum atomic E-state index is 12.3. The Balaban J connectivity index is 1.92. The van der Waals surface area contributed by atoms with Gasteiger partial charge in [0.2, 0.25) is 5.91 Å². The molecule has 0 aliphatic carbocycles. The van der Waals surface area contributed by atoms with Crippen LogP contribution in [0.5, 0.6) is 0 Å². The van der Waals surface area contributed by atoms with Gasteiger partial charge in [0.1, 0.15) is 6.54 Å². The predicted molar refractivity (Wildman–Crippen MR) is 76.6 cm³/mol. The molecule has 0 saturated carbocycles. The monoisotopic (exact) mass is 274 g/mol. The normalized spacial score (nSPS) is 15.8. The summed E-state index contributed by atoms with van der Waals surface area (Å²) >= 11 is 0. The molecule has 1 aromatic heterocycles. The van der Waals surface area contributed by atoms with Crippen LogP contribution in [0, 0.1) is 0 Å². The van der Waals surface area contributed by atoms with Gasteiger partial charge in [-0.3, -0.25) is 13.9 Å².